The Labute approximate surface area is 343 Å². The van der Waals surface area contributed by atoms with Gasteiger partial charge in [-0.1, -0.05) is 210 Å². The van der Waals surface area contributed by atoms with Gasteiger partial charge in [-0.05, 0) is 45.5 Å². The molecule has 0 bridgehead atoms. The van der Waals surface area contributed by atoms with Crippen LogP contribution in [0.25, 0.3) is 21.5 Å². The molecule has 0 spiro atoms. The number of anilines is 2. The van der Waals surface area contributed by atoms with E-state index in [4.69, 9.17) is 0 Å². The van der Waals surface area contributed by atoms with E-state index in [0.29, 0.717) is 0 Å². The van der Waals surface area contributed by atoms with Gasteiger partial charge in [-0.25, -0.2) is 0 Å². The molecule has 0 fully saturated rings. The molecule has 0 aliphatic rings. The van der Waals surface area contributed by atoms with Crippen LogP contribution >= 0.6 is 0 Å². The third-order valence-electron chi connectivity index (χ3n) is 8.19. The van der Waals surface area contributed by atoms with Crippen LogP contribution in [0, 0.1) is 17.8 Å². The lowest BCUT2D eigenvalue weighted by atomic mass is 9.98. The summed E-state index contributed by atoms with van der Waals surface area (Å²) in [6.07, 6.45) is 0. The number of rotatable bonds is 8. The second-order valence-corrected chi connectivity index (χ2v) is 13.3. The van der Waals surface area contributed by atoms with E-state index >= 15 is 0 Å². The van der Waals surface area contributed by atoms with Crippen molar-refractivity contribution in [1.29, 1.82) is 0 Å². The zero-order valence-corrected chi connectivity index (χ0v) is 36.4. The smallest absolute Gasteiger partial charge is 0.226 e. The first-order valence-corrected chi connectivity index (χ1v) is 20.5. The quantitative estimate of drug-likeness (QED) is 0.144. The Balaban J connectivity index is 0.000000402. The van der Waals surface area contributed by atoms with Crippen LogP contribution in [-0.4, -0.2) is 17.7 Å². The first-order valence-electron chi connectivity index (χ1n) is 20.5. The first-order chi connectivity index (χ1) is 27.5. The van der Waals surface area contributed by atoms with E-state index < -0.39 is 0 Å². The SMILES string of the molecule is CC.CC.CC.CC(C)C(=O)NC(c1ccccc1)c1ccccc1.CC(C)C(=O)Nc1ccc2ccccc2c1.CC(C)C(=O)Nc1cccc2ccccc12. The predicted octanol–water partition coefficient (Wildman–Crippen LogP) is 13.5. The molecule has 0 unspecified atom stereocenters. The van der Waals surface area contributed by atoms with Crippen molar-refractivity contribution in [2.24, 2.45) is 17.8 Å². The maximum atomic E-state index is 12.0. The number of fused-ring (bicyclic) bond motifs is 2. The average molecular weight is 770 g/mol. The lowest BCUT2D eigenvalue weighted by Gasteiger charge is -2.21. The Morgan fingerprint density at radius 1 is 0.404 bits per heavy atom. The van der Waals surface area contributed by atoms with Crippen LogP contribution in [0.1, 0.15) is 100 Å². The van der Waals surface area contributed by atoms with Gasteiger partial charge < -0.3 is 16.0 Å². The van der Waals surface area contributed by atoms with E-state index in [0.717, 1.165) is 38.7 Å². The van der Waals surface area contributed by atoms with Crippen LogP contribution < -0.4 is 16.0 Å². The molecule has 6 aromatic carbocycles. The summed E-state index contributed by atoms with van der Waals surface area (Å²) >= 11 is 0. The third-order valence-corrected chi connectivity index (χ3v) is 8.19. The van der Waals surface area contributed by atoms with E-state index in [-0.39, 0.29) is 41.5 Å². The van der Waals surface area contributed by atoms with E-state index in [1.807, 2.05) is 223 Å². The van der Waals surface area contributed by atoms with Crippen molar-refractivity contribution in [2.75, 3.05) is 10.6 Å². The fourth-order valence-corrected chi connectivity index (χ4v) is 5.12. The van der Waals surface area contributed by atoms with Crippen molar-refractivity contribution in [3.8, 4) is 0 Å². The minimum atomic E-state index is -0.0858. The molecule has 3 amide bonds. The van der Waals surface area contributed by atoms with Gasteiger partial charge in [0, 0.05) is 34.5 Å². The maximum absolute atomic E-state index is 12.0. The standard InChI is InChI=1S/C17H19NO.2C14H15NO.3C2H6/c1-13(2)17(19)18-16(14-9-5-3-6-10-14)15-11-7-4-8-12-15;1-10(2)14(16)15-13-9-5-7-11-6-3-4-8-12(11)13;1-10(2)14(16)15-13-8-7-11-5-3-4-6-12(11)9-13;3*1-2/h3-13,16H,1-2H3,(H,18,19);2*3-10H,1-2H3,(H,15,16);3*1-2H3. The van der Waals surface area contributed by atoms with Gasteiger partial charge in [-0.2, -0.15) is 0 Å². The highest BCUT2D eigenvalue weighted by Gasteiger charge is 2.18. The first kappa shape index (κ1) is 49.3. The summed E-state index contributed by atoms with van der Waals surface area (Å²) in [6, 6.07) is 48.0. The van der Waals surface area contributed by atoms with Gasteiger partial charge in [0.15, 0.2) is 0 Å². The van der Waals surface area contributed by atoms with Crippen LogP contribution in [-0.2, 0) is 14.4 Å². The topological polar surface area (TPSA) is 87.3 Å². The molecule has 6 heteroatoms. The summed E-state index contributed by atoms with van der Waals surface area (Å²) in [5.74, 6) is 0.157. The molecule has 0 saturated carbocycles. The largest absolute Gasteiger partial charge is 0.345 e. The van der Waals surface area contributed by atoms with Gasteiger partial charge in [0.1, 0.15) is 0 Å². The molecule has 6 nitrogen and oxygen atoms in total. The van der Waals surface area contributed by atoms with Gasteiger partial charge in [0.05, 0.1) is 6.04 Å². The van der Waals surface area contributed by atoms with Gasteiger partial charge in [0.25, 0.3) is 0 Å². The van der Waals surface area contributed by atoms with E-state index in [2.05, 4.69) is 22.0 Å². The van der Waals surface area contributed by atoms with Crippen molar-refractivity contribution < 1.29 is 14.4 Å². The summed E-state index contributed by atoms with van der Waals surface area (Å²) < 4.78 is 0. The van der Waals surface area contributed by atoms with Gasteiger partial charge in [-0.3, -0.25) is 14.4 Å². The molecule has 0 atom stereocenters. The number of hydrogen-bond acceptors (Lipinski definition) is 3. The van der Waals surface area contributed by atoms with E-state index in [9.17, 15) is 14.4 Å². The fraction of sp³-hybridized carbons (Fsp3) is 0.314. The van der Waals surface area contributed by atoms with Crippen LogP contribution in [0.5, 0.6) is 0 Å². The molecule has 6 rings (SSSR count). The molecule has 0 heterocycles. The van der Waals surface area contributed by atoms with Crippen LogP contribution in [0.3, 0.4) is 0 Å². The highest BCUT2D eigenvalue weighted by Crippen LogP contribution is 2.24. The van der Waals surface area contributed by atoms with Crippen LogP contribution in [0.2, 0.25) is 0 Å². The highest BCUT2D eigenvalue weighted by molar-refractivity contribution is 6.02. The Kier molecular flexibility index (Phi) is 24.0. The van der Waals surface area contributed by atoms with Crippen molar-refractivity contribution in [2.45, 2.75) is 89.1 Å². The number of nitrogens with one attached hydrogen (secondary N) is 3. The Morgan fingerprint density at radius 3 is 1.33 bits per heavy atom. The number of benzene rings is 6. The third kappa shape index (κ3) is 16.9. The minimum absolute atomic E-state index is 0.000955. The van der Waals surface area contributed by atoms with Crippen molar-refractivity contribution >= 4 is 50.6 Å². The lowest BCUT2D eigenvalue weighted by Crippen LogP contribution is -2.32. The number of hydrogen-bond donors (Lipinski definition) is 3. The molecule has 0 aliphatic carbocycles. The Morgan fingerprint density at radius 2 is 0.825 bits per heavy atom. The predicted molar refractivity (Wildman–Crippen MR) is 247 cm³/mol. The molecule has 304 valence electrons. The number of amides is 3. The second-order valence-electron chi connectivity index (χ2n) is 13.3. The maximum Gasteiger partial charge on any atom is 0.226 e. The number of carbonyl (C=O) groups is 3. The molecule has 0 aromatic heterocycles. The zero-order valence-electron chi connectivity index (χ0n) is 36.4. The van der Waals surface area contributed by atoms with E-state index in [1.54, 1.807) is 0 Å². The minimum Gasteiger partial charge on any atom is -0.345 e. The number of carbonyl (C=O) groups excluding carboxylic acids is 3. The summed E-state index contributed by atoms with van der Waals surface area (Å²) in [5, 5.41) is 13.5. The highest BCUT2D eigenvalue weighted by atomic mass is 16.2. The summed E-state index contributed by atoms with van der Waals surface area (Å²) in [7, 11) is 0. The lowest BCUT2D eigenvalue weighted by molar-refractivity contribution is -0.124. The second kappa shape index (κ2) is 27.8. The summed E-state index contributed by atoms with van der Waals surface area (Å²) in [4.78, 5) is 35.2. The van der Waals surface area contributed by atoms with Crippen LogP contribution in [0.4, 0.5) is 11.4 Å². The van der Waals surface area contributed by atoms with Gasteiger partial charge in [-0.15, -0.1) is 0 Å². The van der Waals surface area contributed by atoms with Crippen molar-refractivity contribution in [1.82, 2.24) is 5.32 Å². The molecule has 0 aliphatic heterocycles. The van der Waals surface area contributed by atoms with Crippen LogP contribution in [0.15, 0.2) is 146 Å². The normalized spacial score (nSPS) is 9.89. The van der Waals surface area contributed by atoms with Crippen molar-refractivity contribution in [3.05, 3.63) is 157 Å². The Hall–Kier alpha value is -5.75. The Bertz CT molecular complexity index is 1970. The molecule has 3 N–H and O–H groups in total. The molecular weight excluding hydrogens is 703 g/mol. The summed E-state index contributed by atoms with van der Waals surface area (Å²) in [5.41, 5.74) is 3.94. The molecule has 57 heavy (non-hydrogen) atoms. The van der Waals surface area contributed by atoms with Gasteiger partial charge in [0.2, 0.25) is 17.7 Å². The molecular formula is C51H67N3O3. The molecule has 0 saturated heterocycles. The monoisotopic (exact) mass is 770 g/mol. The van der Waals surface area contributed by atoms with Crippen molar-refractivity contribution in [3.63, 3.8) is 0 Å². The fourth-order valence-electron chi connectivity index (χ4n) is 5.12. The average Bonchev–Trinajstić information content (AvgIpc) is 3.26. The molecule has 0 radical (unpaired) electrons. The summed E-state index contributed by atoms with van der Waals surface area (Å²) in [6.45, 7) is 23.4. The molecule has 6 aromatic rings. The van der Waals surface area contributed by atoms with Gasteiger partial charge >= 0.3 is 0 Å². The van der Waals surface area contributed by atoms with E-state index in [1.165, 1.54) is 5.39 Å². The zero-order chi connectivity index (χ0) is 42.8.